The molecule has 1 heterocycles. The number of anilines is 1. The number of hydrogen-bond donors (Lipinski definition) is 1. The van der Waals surface area contributed by atoms with Crippen LogP contribution in [0, 0.1) is 13.8 Å². The monoisotopic (exact) mass is 357 g/mol. The third kappa shape index (κ3) is 3.77. The fourth-order valence-electron chi connectivity index (χ4n) is 2.46. The number of nitrogens with zero attached hydrogens (tertiary/aromatic N) is 2. The van der Waals surface area contributed by atoms with Gasteiger partial charge in [0.25, 0.3) is 0 Å². The van der Waals surface area contributed by atoms with Gasteiger partial charge in [0.1, 0.15) is 11.8 Å². The van der Waals surface area contributed by atoms with Gasteiger partial charge in [-0.15, -0.1) is 10.2 Å². The molecule has 0 aliphatic carbocycles. The molecule has 0 amide bonds. The molecular weight excluding hydrogens is 338 g/mol. The van der Waals surface area contributed by atoms with Crippen molar-refractivity contribution in [1.82, 2.24) is 10.2 Å². The Hall–Kier alpha value is -2.53. The van der Waals surface area contributed by atoms with E-state index in [1.807, 2.05) is 51.1 Å². The van der Waals surface area contributed by atoms with Crippen LogP contribution in [0.4, 0.5) is 5.69 Å². The molecule has 2 aromatic carbocycles. The van der Waals surface area contributed by atoms with Crippen LogP contribution in [0.2, 0.25) is 5.02 Å². The van der Waals surface area contributed by atoms with E-state index >= 15 is 0 Å². The van der Waals surface area contributed by atoms with Gasteiger partial charge in [0.05, 0.1) is 12.8 Å². The number of ether oxygens (including phenoxy) is 1. The molecule has 0 aliphatic heterocycles. The van der Waals surface area contributed by atoms with Crippen LogP contribution in [0.5, 0.6) is 5.75 Å². The molecule has 0 spiro atoms. The van der Waals surface area contributed by atoms with Gasteiger partial charge >= 0.3 is 0 Å². The minimum atomic E-state index is -0.179. The second kappa shape index (κ2) is 7.15. The Morgan fingerprint density at radius 2 is 1.84 bits per heavy atom. The second-order valence-electron chi connectivity index (χ2n) is 5.98. The molecule has 1 aromatic heterocycles. The highest BCUT2D eigenvalue weighted by Gasteiger charge is 2.17. The summed E-state index contributed by atoms with van der Waals surface area (Å²) in [7, 11) is 1.61. The van der Waals surface area contributed by atoms with Crippen molar-refractivity contribution in [3.63, 3.8) is 0 Å². The lowest BCUT2D eigenvalue weighted by molar-refractivity contribution is 0.415. The number of nitrogens with one attached hydrogen (secondary N) is 1. The summed E-state index contributed by atoms with van der Waals surface area (Å²) in [5.74, 6) is 1.67. The highest BCUT2D eigenvalue weighted by Crippen LogP contribution is 2.33. The van der Waals surface area contributed by atoms with Crippen LogP contribution in [-0.2, 0) is 0 Å². The molecule has 25 heavy (non-hydrogen) atoms. The summed E-state index contributed by atoms with van der Waals surface area (Å²) in [6, 6.07) is 11.5. The zero-order valence-electron chi connectivity index (χ0n) is 14.6. The predicted octanol–water partition coefficient (Wildman–Crippen LogP) is 5.19. The van der Waals surface area contributed by atoms with Gasteiger partial charge in [0, 0.05) is 16.7 Å². The fourth-order valence-corrected chi connectivity index (χ4v) is 2.62. The summed E-state index contributed by atoms with van der Waals surface area (Å²) in [6.45, 7) is 5.94. The summed E-state index contributed by atoms with van der Waals surface area (Å²) in [5, 5.41) is 12.3. The maximum atomic E-state index is 6.15. The van der Waals surface area contributed by atoms with E-state index in [1.54, 1.807) is 13.2 Å². The Balaban J connectivity index is 1.81. The number of aryl methyl sites for hydroxylation is 2. The van der Waals surface area contributed by atoms with E-state index in [1.165, 1.54) is 5.56 Å². The Kier molecular flexibility index (Phi) is 4.95. The van der Waals surface area contributed by atoms with Crippen molar-refractivity contribution in [2.75, 3.05) is 12.4 Å². The van der Waals surface area contributed by atoms with Gasteiger partial charge in [-0.3, -0.25) is 0 Å². The maximum Gasteiger partial charge on any atom is 0.247 e. The zero-order chi connectivity index (χ0) is 18.0. The number of methoxy groups -OCH3 is 1. The summed E-state index contributed by atoms with van der Waals surface area (Å²) in [5.41, 5.74) is 3.87. The smallest absolute Gasteiger partial charge is 0.247 e. The number of benzene rings is 2. The van der Waals surface area contributed by atoms with E-state index in [0.717, 1.165) is 16.8 Å². The quantitative estimate of drug-likeness (QED) is 0.681. The molecule has 5 nitrogen and oxygen atoms in total. The van der Waals surface area contributed by atoms with Gasteiger partial charge in [-0.05, 0) is 44.5 Å². The van der Waals surface area contributed by atoms with Crippen LogP contribution in [0.3, 0.4) is 0 Å². The lowest BCUT2D eigenvalue weighted by atomic mass is 10.1. The highest BCUT2D eigenvalue weighted by atomic mass is 35.5. The van der Waals surface area contributed by atoms with Crippen molar-refractivity contribution < 1.29 is 9.15 Å². The van der Waals surface area contributed by atoms with E-state index in [4.69, 9.17) is 20.8 Å². The highest BCUT2D eigenvalue weighted by molar-refractivity contribution is 6.31. The van der Waals surface area contributed by atoms with Crippen LogP contribution in [0.1, 0.15) is 30.0 Å². The predicted molar refractivity (Wildman–Crippen MR) is 99.2 cm³/mol. The Bertz CT molecular complexity index is 875. The molecule has 130 valence electrons. The molecule has 0 saturated carbocycles. The van der Waals surface area contributed by atoms with E-state index in [9.17, 15) is 0 Å². The van der Waals surface area contributed by atoms with Crippen molar-refractivity contribution in [2.45, 2.75) is 26.8 Å². The minimum absolute atomic E-state index is 0.179. The third-order valence-corrected chi connectivity index (χ3v) is 4.37. The molecule has 1 unspecified atom stereocenters. The molecule has 6 heteroatoms. The topological polar surface area (TPSA) is 60.2 Å². The first kappa shape index (κ1) is 17.3. The van der Waals surface area contributed by atoms with Crippen LogP contribution >= 0.6 is 11.6 Å². The van der Waals surface area contributed by atoms with Crippen molar-refractivity contribution in [3.05, 3.63) is 58.4 Å². The molecule has 1 N–H and O–H groups in total. The van der Waals surface area contributed by atoms with Crippen molar-refractivity contribution in [1.29, 1.82) is 0 Å². The van der Waals surface area contributed by atoms with E-state index in [0.29, 0.717) is 22.6 Å². The second-order valence-corrected chi connectivity index (χ2v) is 6.39. The molecule has 0 fully saturated rings. The summed E-state index contributed by atoms with van der Waals surface area (Å²) < 4.78 is 11.2. The molecule has 1 atom stereocenters. The van der Waals surface area contributed by atoms with E-state index in [-0.39, 0.29) is 6.04 Å². The standard InChI is InChI=1S/C19H20ClN3O2/c1-11-5-7-14(8-6-11)19-23-22-18(25-19)13(3)21-16-9-12(2)15(20)10-17(16)24-4/h5-10,13,21H,1-4H3. The number of halogens is 1. The van der Waals surface area contributed by atoms with Crippen LogP contribution in [-0.4, -0.2) is 17.3 Å². The van der Waals surface area contributed by atoms with E-state index in [2.05, 4.69) is 15.5 Å². The van der Waals surface area contributed by atoms with Crippen molar-refractivity contribution in [3.8, 4) is 17.2 Å². The van der Waals surface area contributed by atoms with Gasteiger partial charge in [0.2, 0.25) is 11.8 Å². The van der Waals surface area contributed by atoms with Crippen LogP contribution < -0.4 is 10.1 Å². The molecule has 0 saturated heterocycles. The van der Waals surface area contributed by atoms with Gasteiger partial charge in [-0.2, -0.15) is 0 Å². The van der Waals surface area contributed by atoms with Gasteiger partial charge in [-0.25, -0.2) is 0 Å². The Morgan fingerprint density at radius 3 is 2.52 bits per heavy atom. The van der Waals surface area contributed by atoms with Gasteiger partial charge in [0.15, 0.2) is 0 Å². The third-order valence-electron chi connectivity index (χ3n) is 3.96. The number of rotatable bonds is 5. The average Bonchev–Trinajstić information content (AvgIpc) is 3.08. The first-order valence-electron chi connectivity index (χ1n) is 7.99. The summed E-state index contributed by atoms with van der Waals surface area (Å²) in [6.07, 6.45) is 0. The maximum absolute atomic E-state index is 6.15. The molecule has 3 rings (SSSR count). The van der Waals surface area contributed by atoms with Crippen molar-refractivity contribution in [2.24, 2.45) is 0 Å². The largest absolute Gasteiger partial charge is 0.495 e. The molecule has 0 radical (unpaired) electrons. The Labute approximate surface area is 152 Å². The Morgan fingerprint density at radius 1 is 1.12 bits per heavy atom. The molecular formula is C19H20ClN3O2. The minimum Gasteiger partial charge on any atom is -0.495 e. The van der Waals surface area contributed by atoms with Gasteiger partial charge < -0.3 is 14.5 Å². The molecule has 0 aliphatic rings. The van der Waals surface area contributed by atoms with Gasteiger partial charge in [-0.1, -0.05) is 29.3 Å². The normalized spacial score (nSPS) is 12.0. The van der Waals surface area contributed by atoms with Crippen LogP contribution in [0.25, 0.3) is 11.5 Å². The first-order valence-corrected chi connectivity index (χ1v) is 8.37. The lowest BCUT2D eigenvalue weighted by Gasteiger charge is -2.16. The number of hydrogen-bond acceptors (Lipinski definition) is 5. The van der Waals surface area contributed by atoms with Crippen LogP contribution in [0.15, 0.2) is 40.8 Å². The zero-order valence-corrected chi connectivity index (χ0v) is 15.4. The number of aromatic nitrogens is 2. The molecule has 0 bridgehead atoms. The molecule has 3 aromatic rings. The van der Waals surface area contributed by atoms with Crippen molar-refractivity contribution >= 4 is 17.3 Å². The first-order chi connectivity index (χ1) is 12.0. The summed E-state index contributed by atoms with van der Waals surface area (Å²) >= 11 is 6.15. The van der Waals surface area contributed by atoms with E-state index < -0.39 is 0 Å². The average molecular weight is 358 g/mol. The summed E-state index contributed by atoms with van der Waals surface area (Å²) in [4.78, 5) is 0. The lowest BCUT2D eigenvalue weighted by Crippen LogP contribution is -2.08. The SMILES string of the molecule is COc1cc(Cl)c(C)cc1NC(C)c1nnc(-c2ccc(C)cc2)o1. The fraction of sp³-hybridized carbons (Fsp3) is 0.263.